The molecule has 0 spiro atoms. The van der Waals surface area contributed by atoms with Gasteiger partial charge in [0.05, 0.1) is 11.6 Å². The first kappa shape index (κ1) is 19.1. The lowest BCUT2D eigenvalue weighted by Crippen LogP contribution is -2.38. The molecule has 2 rings (SSSR count). The fraction of sp³-hybridized carbons (Fsp3) is 0.350. The number of ether oxygens (including phenoxy) is 2. The number of amides is 1. The Hall–Kier alpha value is -2.20. The van der Waals surface area contributed by atoms with E-state index in [0.717, 1.165) is 11.3 Å². The van der Waals surface area contributed by atoms with Gasteiger partial charge in [-0.1, -0.05) is 55.8 Å². The molecule has 5 heteroatoms. The van der Waals surface area contributed by atoms with Crippen LogP contribution in [0, 0.1) is 0 Å². The van der Waals surface area contributed by atoms with E-state index in [2.05, 4.69) is 19.2 Å². The van der Waals surface area contributed by atoms with E-state index in [1.807, 2.05) is 36.4 Å². The molecule has 4 nitrogen and oxygen atoms in total. The SMILES string of the molecule is CC(C)c1ccccc1O[C@H](C)C(=O)NCCOc1ccccc1Cl. The summed E-state index contributed by atoms with van der Waals surface area (Å²) in [7, 11) is 0. The highest BCUT2D eigenvalue weighted by Crippen LogP contribution is 2.26. The van der Waals surface area contributed by atoms with Crippen LogP contribution < -0.4 is 14.8 Å². The Morgan fingerprint density at radius 1 is 1.04 bits per heavy atom. The third-order valence-corrected chi connectivity index (χ3v) is 4.02. The fourth-order valence-corrected chi connectivity index (χ4v) is 2.54. The van der Waals surface area contributed by atoms with Crippen LogP contribution in [0.15, 0.2) is 48.5 Å². The molecular weight excluding hydrogens is 338 g/mol. The Balaban J connectivity index is 1.80. The lowest BCUT2D eigenvalue weighted by atomic mass is 10.0. The van der Waals surface area contributed by atoms with Gasteiger partial charge in [-0.15, -0.1) is 0 Å². The van der Waals surface area contributed by atoms with E-state index in [-0.39, 0.29) is 5.91 Å². The van der Waals surface area contributed by atoms with E-state index in [4.69, 9.17) is 21.1 Å². The molecule has 0 aliphatic carbocycles. The Morgan fingerprint density at radius 2 is 1.68 bits per heavy atom. The normalized spacial score (nSPS) is 11.9. The van der Waals surface area contributed by atoms with Gasteiger partial charge in [0.15, 0.2) is 6.10 Å². The summed E-state index contributed by atoms with van der Waals surface area (Å²) >= 11 is 6.01. The molecule has 0 saturated carbocycles. The summed E-state index contributed by atoms with van der Waals surface area (Å²) in [5.41, 5.74) is 1.09. The molecule has 0 saturated heterocycles. The molecule has 1 N–H and O–H groups in total. The summed E-state index contributed by atoms with van der Waals surface area (Å²) in [6.07, 6.45) is -0.583. The minimum atomic E-state index is -0.583. The van der Waals surface area contributed by atoms with Gasteiger partial charge in [-0.25, -0.2) is 0 Å². The largest absolute Gasteiger partial charge is 0.490 e. The second-order valence-electron chi connectivity index (χ2n) is 6.02. The number of carbonyl (C=O) groups excluding carboxylic acids is 1. The van der Waals surface area contributed by atoms with Crippen molar-refractivity contribution in [3.63, 3.8) is 0 Å². The van der Waals surface area contributed by atoms with E-state index < -0.39 is 6.10 Å². The summed E-state index contributed by atoms with van der Waals surface area (Å²) in [5.74, 6) is 1.50. The molecule has 0 heterocycles. The molecule has 0 aromatic heterocycles. The number of nitrogens with one attached hydrogen (secondary N) is 1. The molecule has 1 amide bonds. The van der Waals surface area contributed by atoms with Gasteiger partial charge < -0.3 is 14.8 Å². The van der Waals surface area contributed by atoms with E-state index in [1.165, 1.54) is 0 Å². The lowest BCUT2D eigenvalue weighted by Gasteiger charge is -2.18. The quantitative estimate of drug-likeness (QED) is 0.708. The van der Waals surface area contributed by atoms with Gasteiger partial charge in [0.2, 0.25) is 0 Å². The average molecular weight is 362 g/mol. The van der Waals surface area contributed by atoms with Crippen molar-refractivity contribution in [3.05, 3.63) is 59.1 Å². The van der Waals surface area contributed by atoms with Crippen molar-refractivity contribution in [2.45, 2.75) is 32.8 Å². The van der Waals surface area contributed by atoms with Gasteiger partial charge in [-0.2, -0.15) is 0 Å². The molecule has 0 aliphatic heterocycles. The number of carbonyl (C=O) groups is 1. The summed E-state index contributed by atoms with van der Waals surface area (Å²) in [4.78, 5) is 12.2. The number of rotatable bonds is 8. The van der Waals surface area contributed by atoms with Crippen molar-refractivity contribution < 1.29 is 14.3 Å². The highest BCUT2D eigenvalue weighted by molar-refractivity contribution is 6.32. The van der Waals surface area contributed by atoms with Crippen LogP contribution in [-0.2, 0) is 4.79 Å². The molecule has 2 aromatic carbocycles. The fourth-order valence-electron chi connectivity index (χ4n) is 2.35. The standard InChI is InChI=1S/C20H24ClNO3/c1-14(2)16-8-4-6-10-18(16)25-15(3)20(23)22-12-13-24-19-11-7-5-9-17(19)21/h4-11,14-15H,12-13H2,1-3H3,(H,22,23)/t15-/m1/s1. The monoisotopic (exact) mass is 361 g/mol. The molecule has 25 heavy (non-hydrogen) atoms. The van der Waals surface area contributed by atoms with Gasteiger partial charge in [0.25, 0.3) is 5.91 Å². The third-order valence-electron chi connectivity index (χ3n) is 3.71. The topological polar surface area (TPSA) is 47.6 Å². The molecule has 1 atom stereocenters. The molecule has 2 aromatic rings. The summed E-state index contributed by atoms with van der Waals surface area (Å²) in [6.45, 7) is 6.65. The Kier molecular flexibility index (Phi) is 7.14. The van der Waals surface area contributed by atoms with Crippen molar-refractivity contribution in [1.82, 2.24) is 5.32 Å². The summed E-state index contributed by atoms with van der Waals surface area (Å²) < 4.78 is 11.4. The third kappa shape index (κ3) is 5.68. The Morgan fingerprint density at radius 3 is 2.36 bits per heavy atom. The summed E-state index contributed by atoms with van der Waals surface area (Å²) in [6, 6.07) is 15.0. The van der Waals surface area contributed by atoms with Crippen LogP contribution in [0.25, 0.3) is 0 Å². The molecular formula is C20H24ClNO3. The molecule has 0 fully saturated rings. The minimum Gasteiger partial charge on any atom is -0.490 e. The maximum Gasteiger partial charge on any atom is 0.260 e. The van der Waals surface area contributed by atoms with Gasteiger partial charge in [-0.3, -0.25) is 4.79 Å². The summed E-state index contributed by atoms with van der Waals surface area (Å²) in [5, 5.41) is 3.36. The minimum absolute atomic E-state index is 0.179. The van der Waals surface area contributed by atoms with E-state index in [0.29, 0.717) is 29.8 Å². The van der Waals surface area contributed by atoms with Crippen molar-refractivity contribution in [3.8, 4) is 11.5 Å². The van der Waals surface area contributed by atoms with Crippen LogP contribution in [-0.4, -0.2) is 25.2 Å². The second-order valence-corrected chi connectivity index (χ2v) is 6.43. The smallest absolute Gasteiger partial charge is 0.260 e. The van der Waals surface area contributed by atoms with E-state index in [1.54, 1.807) is 19.1 Å². The molecule has 134 valence electrons. The number of hydrogen-bond acceptors (Lipinski definition) is 3. The highest BCUT2D eigenvalue weighted by Gasteiger charge is 2.16. The molecule has 0 aliphatic rings. The predicted octanol–water partition coefficient (Wildman–Crippen LogP) is 4.43. The lowest BCUT2D eigenvalue weighted by molar-refractivity contribution is -0.127. The van der Waals surface area contributed by atoms with Crippen LogP contribution in [0.2, 0.25) is 5.02 Å². The predicted molar refractivity (Wildman–Crippen MR) is 101 cm³/mol. The molecule has 0 unspecified atom stereocenters. The Labute approximate surface area is 154 Å². The number of hydrogen-bond donors (Lipinski definition) is 1. The van der Waals surface area contributed by atoms with Gasteiger partial charge >= 0.3 is 0 Å². The zero-order chi connectivity index (χ0) is 18.2. The van der Waals surface area contributed by atoms with Gasteiger partial charge in [0.1, 0.15) is 18.1 Å². The molecule has 0 radical (unpaired) electrons. The van der Waals surface area contributed by atoms with Crippen molar-refractivity contribution in [1.29, 1.82) is 0 Å². The van der Waals surface area contributed by atoms with Crippen LogP contribution in [0.4, 0.5) is 0 Å². The van der Waals surface area contributed by atoms with Gasteiger partial charge in [-0.05, 0) is 36.6 Å². The Bertz CT molecular complexity index is 703. The van der Waals surface area contributed by atoms with E-state index >= 15 is 0 Å². The molecule has 0 bridgehead atoms. The van der Waals surface area contributed by atoms with Crippen LogP contribution >= 0.6 is 11.6 Å². The maximum atomic E-state index is 12.2. The maximum absolute atomic E-state index is 12.2. The van der Waals surface area contributed by atoms with Crippen molar-refractivity contribution >= 4 is 17.5 Å². The number of benzene rings is 2. The first-order chi connectivity index (χ1) is 12.0. The van der Waals surface area contributed by atoms with Crippen molar-refractivity contribution in [2.24, 2.45) is 0 Å². The van der Waals surface area contributed by atoms with E-state index in [9.17, 15) is 4.79 Å². The number of halogens is 1. The van der Waals surface area contributed by atoms with Crippen LogP contribution in [0.1, 0.15) is 32.3 Å². The average Bonchev–Trinajstić information content (AvgIpc) is 2.60. The number of para-hydroxylation sites is 2. The van der Waals surface area contributed by atoms with Crippen LogP contribution in [0.3, 0.4) is 0 Å². The van der Waals surface area contributed by atoms with Crippen LogP contribution in [0.5, 0.6) is 11.5 Å². The zero-order valence-corrected chi connectivity index (χ0v) is 15.5. The first-order valence-corrected chi connectivity index (χ1v) is 8.77. The highest BCUT2D eigenvalue weighted by atomic mass is 35.5. The first-order valence-electron chi connectivity index (χ1n) is 8.39. The second kappa shape index (κ2) is 9.33. The van der Waals surface area contributed by atoms with Gasteiger partial charge in [0, 0.05) is 0 Å². The van der Waals surface area contributed by atoms with Crippen molar-refractivity contribution in [2.75, 3.05) is 13.2 Å². The zero-order valence-electron chi connectivity index (χ0n) is 14.8.